The summed E-state index contributed by atoms with van der Waals surface area (Å²) in [6.45, 7) is 0. The molecule has 0 aliphatic rings. The maximum Gasteiger partial charge on any atom is 0.271 e. The third kappa shape index (κ3) is 4.28. The van der Waals surface area contributed by atoms with Gasteiger partial charge < -0.3 is 5.32 Å². The van der Waals surface area contributed by atoms with E-state index in [-0.39, 0.29) is 28.2 Å². The van der Waals surface area contributed by atoms with Gasteiger partial charge in [0.25, 0.3) is 5.69 Å². The van der Waals surface area contributed by atoms with E-state index in [1.165, 1.54) is 11.1 Å². The zero-order chi connectivity index (χ0) is 22.0. The third-order valence-corrected chi connectivity index (χ3v) is 4.56. The minimum absolute atomic E-state index is 0.0756. The number of rotatable bonds is 6. The normalized spacial score (nSPS) is 10.7. The topological polar surface area (TPSA) is 102 Å². The first-order valence-corrected chi connectivity index (χ1v) is 9.37. The minimum Gasteiger partial charge on any atom is -0.321 e. The summed E-state index contributed by atoms with van der Waals surface area (Å²) in [5.41, 5.74) is 0.808. The highest BCUT2D eigenvalue weighted by Crippen LogP contribution is 2.40. The molecule has 2 aromatic carbocycles. The van der Waals surface area contributed by atoms with Crippen LogP contribution >= 0.6 is 11.6 Å². The van der Waals surface area contributed by atoms with E-state index in [1.54, 1.807) is 54.5 Å². The predicted molar refractivity (Wildman–Crippen MR) is 115 cm³/mol. The molecule has 0 fully saturated rings. The number of hydrogen-bond acceptors (Lipinski definition) is 7. The molecule has 0 unspecified atom stereocenters. The van der Waals surface area contributed by atoms with Gasteiger partial charge in [-0.2, -0.15) is 10.1 Å². The van der Waals surface area contributed by atoms with Crippen molar-refractivity contribution in [2.75, 3.05) is 10.2 Å². The number of anilines is 5. The van der Waals surface area contributed by atoms with E-state index in [2.05, 4.69) is 20.4 Å². The summed E-state index contributed by atoms with van der Waals surface area (Å²) in [5, 5.41) is 18.5. The minimum atomic E-state index is -0.675. The Morgan fingerprint density at radius 2 is 1.97 bits per heavy atom. The van der Waals surface area contributed by atoms with Gasteiger partial charge in [0.2, 0.25) is 5.95 Å². The number of hydrogen-bond donors (Lipinski definition) is 1. The number of para-hydroxylation sites is 1. The van der Waals surface area contributed by atoms with Crippen LogP contribution in [0.3, 0.4) is 0 Å². The molecule has 2 heterocycles. The maximum absolute atomic E-state index is 14.9. The largest absolute Gasteiger partial charge is 0.321 e. The first kappa shape index (κ1) is 20.2. The molecular weight excluding hydrogens is 425 g/mol. The molecule has 0 bridgehead atoms. The van der Waals surface area contributed by atoms with Crippen molar-refractivity contribution < 1.29 is 9.31 Å². The SMILES string of the molecule is Cn1cc(Nc2ncc(Cl)c(N(c3ccccc3)c3cc([N+](=O)[O-])ccc3F)n2)cn1. The van der Waals surface area contributed by atoms with Crippen LogP contribution in [0.5, 0.6) is 0 Å². The number of nitro benzene ring substituents is 1. The van der Waals surface area contributed by atoms with Gasteiger partial charge in [-0.3, -0.25) is 19.7 Å². The van der Waals surface area contributed by atoms with E-state index < -0.39 is 10.7 Å². The van der Waals surface area contributed by atoms with Crippen LogP contribution in [0.25, 0.3) is 0 Å². The molecule has 156 valence electrons. The van der Waals surface area contributed by atoms with Crippen molar-refractivity contribution in [3.05, 3.63) is 88.1 Å². The van der Waals surface area contributed by atoms with Gasteiger partial charge in [0.05, 0.1) is 28.7 Å². The maximum atomic E-state index is 14.9. The standard InChI is InChI=1S/C20H15ClFN7O2/c1-27-12-13(10-24-27)25-20-23-11-16(21)19(26-20)28(14-5-3-2-4-6-14)18-9-15(29(30)31)7-8-17(18)22/h2-12H,1H3,(H,23,25,26). The summed E-state index contributed by atoms with van der Waals surface area (Å²) in [6.07, 6.45) is 4.69. The first-order valence-electron chi connectivity index (χ1n) is 8.99. The molecule has 2 aromatic heterocycles. The molecule has 0 aliphatic carbocycles. The summed E-state index contributed by atoms with van der Waals surface area (Å²) in [4.78, 5) is 20.7. The lowest BCUT2D eigenvalue weighted by Gasteiger charge is -2.25. The predicted octanol–water partition coefficient (Wildman–Crippen LogP) is 5.12. The van der Waals surface area contributed by atoms with Crippen molar-refractivity contribution in [2.45, 2.75) is 0 Å². The quantitative estimate of drug-likeness (QED) is 0.328. The van der Waals surface area contributed by atoms with Crippen molar-refractivity contribution in [3.63, 3.8) is 0 Å². The van der Waals surface area contributed by atoms with Gasteiger partial charge in [-0.25, -0.2) is 9.37 Å². The third-order valence-electron chi connectivity index (χ3n) is 4.29. The molecule has 0 saturated heterocycles. The Labute approximate surface area is 180 Å². The molecule has 0 spiro atoms. The summed E-state index contributed by atoms with van der Waals surface area (Å²) in [5.74, 6) is -0.335. The van der Waals surface area contributed by atoms with Gasteiger partial charge in [-0.1, -0.05) is 29.8 Å². The lowest BCUT2D eigenvalue weighted by Crippen LogP contribution is -2.15. The average molecular weight is 440 g/mol. The van der Waals surface area contributed by atoms with E-state index in [4.69, 9.17) is 11.6 Å². The number of nitrogens with one attached hydrogen (secondary N) is 1. The molecule has 4 rings (SSSR count). The van der Waals surface area contributed by atoms with Crippen molar-refractivity contribution in [2.24, 2.45) is 7.05 Å². The van der Waals surface area contributed by atoms with Crippen molar-refractivity contribution >= 4 is 46.1 Å². The molecule has 0 radical (unpaired) electrons. The smallest absolute Gasteiger partial charge is 0.271 e. The number of aromatic nitrogens is 4. The van der Waals surface area contributed by atoms with Gasteiger partial charge in [0.1, 0.15) is 10.8 Å². The van der Waals surface area contributed by atoms with Crippen molar-refractivity contribution in [1.29, 1.82) is 0 Å². The monoisotopic (exact) mass is 439 g/mol. The molecule has 1 N–H and O–H groups in total. The Kier molecular flexibility index (Phi) is 5.46. The van der Waals surface area contributed by atoms with Gasteiger partial charge in [0, 0.05) is 31.1 Å². The van der Waals surface area contributed by atoms with Gasteiger partial charge in [-0.15, -0.1) is 0 Å². The molecule has 4 aromatic rings. The second-order valence-corrected chi connectivity index (χ2v) is 6.86. The molecule has 11 heteroatoms. The van der Waals surface area contributed by atoms with Gasteiger partial charge in [-0.05, 0) is 18.2 Å². The lowest BCUT2D eigenvalue weighted by atomic mass is 10.2. The van der Waals surface area contributed by atoms with Crippen LogP contribution in [0.1, 0.15) is 0 Å². The number of nitro groups is 1. The highest BCUT2D eigenvalue weighted by atomic mass is 35.5. The van der Waals surface area contributed by atoms with Crippen LogP contribution in [0, 0.1) is 15.9 Å². The molecule has 31 heavy (non-hydrogen) atoms. The number of nitrogens with zero attached hydrogens (tertiary/aromatic N) is 6. The number of benzene rings is 2. The highest BCUT2D eigenvalue weighted by molar-refractivity contribution is 6.33. The summed E-state index contributed by atoms with van der Waals surface area (Å²) >= 11 is 6.39. The van der Waals surface area contributed by atoms with E-state index >= 15 is 0 Å². The fourth-order valence-electron chi connectivity index (χ4n) is 2.93. The molecule has 0 aliphatic heterocycles. The molecule has 0 amide bonds. The molecule has 9 nitrogen and oxygen atoms in total. The zero-order valence-electron chi connectivity index (χ0n) is 16.1. The Bertz CT molecular complexity index is 1250. The summed E-state index contributed by atoms with van der Waals surface area (Å²) in [7, 11) is 1.77. The van der Waals surface area contributed by atoms with Crippen LogP contribution < -0.4 is 10.2 Å². The first-order chi connectivity index (χ1) is 14.9. The van der Waals surface area contributed by atoms with Crippen LogP contribution in [-0.4, -0.2) is 24.7 Å². The Hall–Kier alpha value is -4.05. The second-order valence-electron chi connectivity index (χ2n) is 6.46. The fraction of sp³-hybridized carbons (Fsp3) is 0.0500. The van der Waals surface area contributed by atoms with Crippen molar-refractivity contribution in [3.8, 4) is 0 Å². The van der Waals surface area contributed by atoms with Gasteiger partial charge >= 0.3 is 0 Å². The number of aryl methyl sites for hydroxylation is 1. The van der Waals surface area contributed by atoms with E-state index in [0.717, 1.165) is 18.2 Å². The second kappa shape index (κ2) is 8.36. The highest BCUT2D eigenvalue weighted by Gasteiger charge is 2.23. The fourth-order valence-corrected chi connectivity index (χ4v) is 3.10. The number of halogens is 2. The van der Waals surface area contributed by atoms with Gasteiger partial charge in [0.15, 0.2) is 5.82 Å². The average Bonchev–Trinajstić information content (AvgIpc) is 3.17. The van der Waals surface area contributed by atoms with Crippen LogP contribution in [0.15, 0.2) is 67.1 Å². The van der Waals surface area contributed by atoms with E-state index in [1.807, 2.05) is 0 Å². The Morgan fingerprint density at radius 1 is 1.19 bits per heavy atom. The van der Waals surface area contributed by atoms with E-state index in [9.17, 15) is 14.5 Å². The molecule has 0 atom stereocenters. The van der Waals surface area contributed by atoms with Crippen LogP contribution in [-0.2, 0) is 7.05 Å². The summed E-state index contributed by atoms with van der Waals surface area (Å²) < 4.78 is 16.5. The van der Waals surface area contributed by atoms with Crippen LogP contribution in [0.4, 0.5) is 38.9 Å². The van der Waals surface area contributed by atoms with E-state index in [0.29, 0.717) is 11.4 Å². The van der Waals surface area contributed by atoms with Crippen LogP contribution in [0.2, 0.25) is 5.02 Å². The zero-order valence-corrected chi connectivity index (χ0v) is 16.9. The number of non-ortho nitro benzene ring substituents is 1. The molecular formula is C20H15ClFN7O2. The Balaban J connectivity index is 1.86. The Morgan fingerprint density at radius 3 is 2.65 bits per heavy atom. The lowest BCUT2D eigenvalue weighted by molar-refractivity contribution is -0.384. The van der Waals surface area contributed by atoms with Crippen molar-refractivity contribution in [1.82, 2.24) is 19.7 Å². The summed E-state index contributed by atoms with van der Waals surface area (Å²) in [6, 6.07) is 12.0. The molecule has 0 saturated carbocycles.